The van der Waals surface area contributed by atoms with E-state index in [1.807, 2.05) is 12.1 Å². The Hall–Kier alpha value is -3.25. The van der Waals surface area contributed by atoms with E-state index in [-0.39, 0.29) is 17.5 Å². The first kappa shape index (κ1) is 26.4. The summed E-state index contributed by atoms with van der Waals surface area (Å²) in [5.74, 6) is -1.20. The average Bonchev–Trinajstić information content (AvgIpc) is 2.94. The fourth-order valence-corrected chi connectivity index (χ4v) is 6.54. The summed E-state index contributed by atoms with van der Waals surface area (Å²) >= 11 is 6.04. The molecule has 2 aliphatic rings. The van der Waals surface area contributed by atoms with Crippen molar-refractivity contribution in [2.45, 2.75) is 29.8 Å². The second kappa shape index (κ2) is 10.9. The molecular formula is C26H28ClN5O5S. The van der Waals surface area contributed by atoms with Crippen molar-refractivity contribution in [1.29, 1.82) is 0 Å². The maximum absolute atomic E-state index is 13.5. The van der Waals surface area contributed by atoms with Gasteiger partial charge in [-0.05, 0) is 60.0 Å². The van der Waals surface area contributed by atoms with Crippen molar-refractivity contribution < 1.29 is 22.7 Å². The van der Waals surface area contributed by atoms with Crippen molar-refractivity contribution in [1.82, 2.24) is 19.7 Å². The molecule has 0 spiro atoms. The third-order valence-electron chi connectivity index (χ3n) is 7.00. The van der Waals surface area contributed by atoms with E-state index >= 15 is 0 Å². The molecule has 1 aromatic heterocycles. The highest BCUT2D eigenvalue weighted by Gasteiger charge is 2.43. The molecule has 3 heterocycles. The van der Waals surface area contributed by atoms with Gasteiger partial charge in [0.05, 0.1) is 18.6 Å². The van der Waals surface area contributed by atoms with Crippen LogP contribution in [0.1, 0.15) is 12.8 Å². The number of hydrazine groups is 1. The summed E-state index contributed by atoms with van der Waals surface area (Å²) in [4.78, 5) is 32.3. The van der Waals surface area contributed by atoms with Crippen LogP contribution in [0.15, 0.2) is 65.8 Å². The lowest BCUT2D eigenvalue weighted by molar-refractivity contribution is -0.160. The van der Waals surface area contributed by atoms with E-state index in [4.69, 9.17) is 16.3 Å². The van der Waals surface area contributed by atoms with Crippen molar-refractivity contribution in [2.75, 3.05) is 38.2 Å². The molecule has 0 radical (unpaired) electrons. The number of nitrogens with zero attached hydrogens (tertiary/aromatic N) is 4. The number of hydrogen-bond donors (Lipinski definition) is 1. The lowest BCUT2D eigenvalue weighted by Crippen LogP contribution is -2.66. The fourth-order valence-electron chi connectivity index (χ4n) is 4.92. The predicted octanol–water partition coefficient (Wildman–Crippen LogP) is 2.44. The first-order chi connectivity index (χ1) is 18.3. The van der Waals surface area contributed by atoms with Gasteiger partial charge in [0, 0.05) is 48.8 Å². The van der Waals surface area contributed by atoms with Gasteiger partial charge in [-0.25, -0.2) is 18.6 Å². The van der Waals surface area contributed by atoms with Gasteiger partial charge in [-0.1, -0.05) is 23.7 Å². The normalized spacial score (nSPS) is 19.6. The molecule has 1 amide bonds. The molecule has 10 nitrogen and oxygen atoms in total. The molecule has 0 bridgehead atoms. The highest BCUT2D eigenvalue weighted by Crippen LogP contribution is 2.27. The summed E-state index contributed by atoms with van der Waals surface area (Å²) in [5, 5.41) is 3.30. The van der Waals surface area contributed by atoms with Gasteiger partial charge in [0.15, 0.2) is 6.04 Å². The van der Waals surface area contributed by atoms with E-state index < -0.39 is 34.5 Å². The van der Waals surface area contributed by atoms with Crippen molar-refractivity contribution in [3.05, 3.63) is 65.9 Å². The van der Waals surface area contributed by atoms with Crippen molar-refractivity contribution >= 4 is 50.0 Å². The van der Waals surface area contributed by atoms with Crippen molar-refractivity contribution in [2.24, 2.45) is 0 Å². The zero-order chi connectivity index (χ0) is 26.9. The van der Waals surface area contributed by atoms with Gasteiger partial charge in [0.1, 0.15) is 0 Å². The monoisotopic (exact) mass is 557 g/mol. The number of pyridine rings is 1. The van der Waals surface area contributed by atoms with Crippen LogP contribution in [-0.4, -0.2) is 80.0 Å². The molecule has 2 aliphatic heterocycles. The largest absolute Gasteiger partial charge is 0.467 e. The molecule has 2 aromatic carbocycles. The molecule has 2 fully saturated rings. The van der Waals surface area contributed by atoms with Gasteiger partial charge < -0.3 is 9.64 Å². The Kier molecular flexibility index (Phi) is 7.53. The van der Waals surface area contributed by atoms with E-state index in [0.717, 1.165) is 41.3 Å². The van der Waals surface area contributed by atoms with E-state index in [9.17, 15) is 18.0 Å². The number of esters is 1. The molecule has 38 heavy (non-hydrogen) atoms. The number of carbonyl (C=O) groups excluding carboxylic acids is 2. The SMILES string of the molecule is COC(=O)C1CN(S(=O)(=O)c2ccc3cc(Cl)ccc3c2)CC(=O)N1NC1CCN(c2ccncc2)CC1. The van der Waals surface area contributed by atoms with Gasteiger partial charge >= 0.3 is 5.97 Å². The number of aromatic nitrogens is 1. The van der Waals surface area contributed by atoms with Gasteiger partial charge in [0.2, 0.25) is 10.0 Å². The first-order valence-corrected chi connectivity index (χ1v) is 14.1. The van der Waals surface area contributed by atoms with Crippen LogP contribution in [-0.2, 0) is 24.3 Å². The maximum Gasteiger partial charge on any atom is 0.331 e. The zero-order valence-corrected chi connectivity index (χ0v) is 22.4. The lowest BCUT2D eigenvalue weighted by atomic mass is 10.0. The lowest BCUT2D eigenvalue weighted by Gasteiger charge is -2.42. The molecule has 3 aromatic rings. The predicted molar refractivity (Wildman–Crippen MR) is 143 cm³/mol. The number of sulfonamides is 1. The molecule has 2 saturated heterocycles. The summed E-state index contributed by atoms with van der Waals surface area (Å²) in [6, 6.07) is 12.6. The Morgan fingerprint density at radius 2 is 1.74 bits per heavy atom. The maximum atomic E-state index is 13.5. The minimum atomic E-state index is -4.06. The Balaban J connectivity index is 1.31. The Morgan fingerprint density at radius 3 is 2.45 bits per heavy atom. The molecule has 12 heteroatoms. The minimum absolute atomic E-state index is 0.0358. The van der Waals surface area contributed by atoms with Gasteiger partial charge in [0.25, 0.3) is 5.91 Å². The molecular weight excluding hydrogens is 530 g/mol. The van der Waals surface area contributed by atoms with Crippen LogP contribution in [0.5, 0.6) is 0 Å². The topological polar surface area (TPSA) is 112 Å². The van der Waals surface area contributed by atoms with Crippen LogP contribution < -0.4 is 10.3 Å². The van der Waals surface area contributed by atoms with Gasteiger partial charge in [-0.2, -0.15) is 4.31 Å². The molecule has 0 aliphatic carbocycles. The first-order valence-electron chi connectivity index (χ1n) is 12.3. The number of halogens is 1. The summed E-state index contributed by atoms with van der Waals surface area (Å²) in [6.07, 6.45) is 4.98. The van der Waals surface area contributed by atoms with Crippen LogP contribution in [0.4, 0.5) is 5.69 Å². The quantitative estimate of drug-likeness (QED) is 0.460. The third-order valence-corrected chi connectivity index (χ3v) is 9.04. The van der Waals surface area contributed by atoms with Crippen LogP contribution >= 0.6 is 11.6 Å². The minimum Gasteiger partial charge on any atom is -0.467 e. The van der Waals surface area contributed by atoms with Crippen molar-refractivity contribution in [3.8, 4) is 0 Å². The standard InChI is InChI=1S/C26H28ClN5O5S/c1-37-26(34)24-16-31(38(35,36)23-5-3-18-14-20(27)4-2-19(18)15-23)17-25(33)32(24)29-21-8-12-30(13-9-21)22-6-10-28-11-7-22/h2-7,10-11,14-15,21,24,29H,8-9,12-13,16-17H2,1H3. The number of nitrogens with one attached hydrogen (secondary N) is 1. The number of anilines is 1. The second-order valence-corrected chi connectivity index (χ2v) is 11.7. The third kappa shape index (κ3) is 5.32. The Morgan fingerprint density at radius 1 is 1.05 bits per heavy atom. The second-order valence-electron chi connectivity index (χ2n) is 9.35. The van der Waals surface area contributed by atoms with Crippen LogP contribution in [0.3, 0.4) is 0 Å². The summed E-state index contributed by atoms with van der Waals surface area (Å²) in [5.41, 5.74) is 4.28. The van der Waals surface area contributed by atoms with E-state index in [0.29, 0.717) is 10.4 Å². The van der Waals surface area contributed by atoms with Crippen LogP contribution in [0, 0.1) is 0 Å². The van der Waals surface area contributed by atoms with Gasteiger partial charge in [-0.3, -0.25) is 14.8 Å². The van der Waals surface area contributed by atoms with Gasteiger partial charge in [-0.15, -0.1) is 0 Å². The molecule has 1 atom stereocenters. The molecule has 1 N–H and O–H groups in total. The number of benzene rings is 2. The smallest absolute Gasteiger partial charge is 0.331 e. The summed E-state index contributed by atoms with van der Waals surface area (Å²) < 4.78 is 33.0. The number of fused-ring (bicyclic) bond motifs is 1. The van der Waals surface area contributed by atoms with Crippen molar-refractivity contribution in [3.63, 3.8) is 0 Å². The molecule has 0 saturated carbocycles. The number of hydrogen-bond acceptors (Lipinski definition) is 8. The van der Waals surface area contributed by atoms with E-state index in [2.05, 4.69) is 15.3 Å². The Bertz CT molecular complexity index is 1450. The summed E-state index contributed by atoms with van der Waals surface area (Å²) in [6.45, 7) is 0.917. The van der Waals surface area contributed by atoms with Crippen LogP contribution in [0.2, 0.25) is 5.02 Å². The number of amides is 1. The fraction of sp³-hybridized carbons (Fsp3) is 0.346. The van der Waals surface area contributed by atoms with E-state index in [1.54, 1.807) is 42.7 Å². The zero-order valence-electron chi connectivity index (χ0n) is 20.8. The number of rotatable bonds is 6. The average molecular weight is 558 g/mol. The molecule has 200 valence electrons. The summed E-state index contributed by atoms with van der Waals surface area (Å²) in [7, 11) is -2.84. The number of carbonyl (C=O) groups is 2. The molecule has 5 rings (SSSR count). The number of piperazine rings is 1. The van der Waals surface area contributed by atoms with E-state index in [1.165, 1.54) is 18.2 Å². The number of ether oxygens (including phenoxy) is 1. The highest BCUT2D eigenvalue weighted by molar-refractivity contribution is 7.89. The number of piperidine rings is 1. The molecule has 1 unspecified atom stereocenters. The number of methoxy groups -OCH3 is 1. The van der Waals surface area contributed by atoms with Crippen LogP contribution in [0.25, 0.3) is 10.8 Å². The Labute approximate surface area is 226 Å². The highest BCUT2D eigenvalue weighted by atomic mass is 35.5.